The SMILES string of the molecule is O=C1N=C([O-])C(Cc2ccc3c(c2)CCC(Cc2ccccc2)O3)S1.[Na+]. The summed E-state index contributed by atoms with van der Waals surface area (Å²) in [6.07, 6.45) is 3.61. The molecule has 0 aliphatic carbocycles. The van der Waals surface area contributed by atoms with Crippen LogP contribution in [0, 0.1) is 0 Å². The van der Waals surface area contributed by atoms with E-state index in [0.29, 0.717) is 6.42 Å². The van der Waals surface area contributed by atoms with Gasteiger partial charge in [0.2, 0.25) is 0 Å². The Balaban J connectivity index is 0.00000196. The van der Waals surface area contributed by atoms with Crippen LogP contribution in [0.5, 0.6) is 5.75 Å². The van der Waals surface area contributed by atoms with Gasteiger partial charge in [0.25, 0.3) is 0 Å². The van der Waals surface area contributed by atoms with Crippen molar-refractivity contribution < 1.29 is 44.2 Å². The van der Waals surface area contributed by atoms with Crippen LogP contribution in [0.1, 0.15) is 23.1 Å². The van der Waals surface area contributed by atoms with E-state index in [4.69, 9.17) is 4.74 Å². The predicted octanol–water partition coefficient (Wildman–Crippen LogP) is 0.164. The van der Waals surface area contributed by atoms with Crippen molar-refractivity contribution in [2.75, 3.05) is 0 Å². The number of carbonyl (C=O) groups excluding carboxylic acids is 1. The molecule has 2 aliphatic rings. The maximum absolute atomic E-state index is 11.7. The van der Waals surface area contributed by atoms with Gasteiger partial charge in [-0.15, -0.1) is 0 Å². The number of carbonyl (C=O) groups is 1. The van der Waals surface area contributed by atoms with Gasteiger partial charge in [0.15, 0.2) is 0 Å². The van der Waals surface area contributed by atoms with Gasteiger partial charge in [-0.25, -0.2) is 4.99 Å². The quantitative estimate of drug-likeness (QED) is 0.715. The standard InChI is InChI=1S/C20H19NO3S.Na/c22-19-18(25-20(23)21-19)12-14-6-9-17-15(10-14)7-8-16(24-17)11-13-4-2-1-3-5-13;/h1-6,9-10,16,18H,7-8,11-12H2,(H,21,22,23);/q;+1/p-1. The molecule has 0 saturated carbocycles. The summed E-state index contributed by atoms with van der Waals surface area (Å²) in [4.78, 5) is 14.7. The summed E-state index contributed by atoms with van der Waals surface area (Å²) in [7, 11) is 0. The van der Waals surface area contributed by atoms with E-state index in [1.807, 2.05) is 18.2 Å². The second kappa shape index (κ2) is 8.61. The zero-order valence-corrected chi connectivity index (χ0v) is 17.5. The Labute approximate surface area is 179 Å². The van der Waals surface area contributed by atoms with Crippen molar-refractivity contribution in [3.63, 3.8) is 0 Å². The molecule has 0 saturated heterocycles. The van der Waals surface area contributed by atoms with Crippen LogP contribution in [-0.4, -0.2) is 22.5 Å². The number of nitrogens with zero attached hydrogens (tertiary/aromatic N) is 1. The van der Waals surface area contributed by atoms with Crippen molar-refractivity contribution in [1.82, 2.24) is 0 Å². The maximum atomic E-state index is 11.7. The van der Waals surface area contributed by atoms with E-state index in [2.05, 4.69) is 35.3 Å². The molecule has 2 aliphatic heterocycles. The topological polar surface area (TPSA) is 61.7 Å². The molecule has 0 N–H and O–H groups in total. The minimum absolute atomic E-state index is 0. The van der Waals surface area contributed by atoms with E-state index in [1.54, 1.807) is 0 Å². The number of fused-ring (bicyclic) bond motifs is 1. The average Bonchev–Trinajstić information content (AvgIpc) is 2.93. The van der Waals surface area contributed by atoms with Crippen molar-refractivity contribution in [3.05, 3.63) is 65.2 Å². The molecule has 6 heteroatoms. The number of amides is 1. The minimum atomic E-state index is -0.375. The summed E-state index contributed by atoms with van der Waals surface area (Å²) in [6.45, 7) is 0. The van der Waals surface area contributed by atoms with Gasteiger partial charge < -0.3 is 9.84 Å². The van der Waals surface area contributed by atoms with Gasteiger partial charge in [0.05, 0.1) is 0 Å². The van der Waals surface area contributed by atoms with E-state index in [1.165, 1.54) is 11.1 Å². The van der Waals surface area contributed by atoms with Gasteiger partial charge in [-0.2, -0.15) is 0 Å². The van der Waals surface area contributed by atoms with Gasteiger partial charge in [-0.3, -0.25) is 4.79 Å². The molecule has 0 bridgehead atoms. The average molecular weight is 375 g/mol. The molecule has 4 nitrogen and oxygen atoms in total. The number of benzene rings is 2. The minimum Gasteiger partial charge on any atom is -0.861 e. The first-order valence-corrected chi connectivity index (χ1v) is 9.34. The number of ether oxygens (including phenoxy) is 1. The van der Waals surface area contributed by atoms with Crippen molar-refractivity contribution in [2.45, 2.75) is 37.0 Å². The summed E-state index contributed by atoms with van der Waals surface area (Å²) in [6, 6.07) is 16.5. The van der Waals surface area contributed by atoms with Crippen LogP contribution in [0.2, 0.25) is 0 Å². The molecule has 0 radical (unpaired) electrons. The number of aryl methyl sites for hydroxylation is 1. The van der Waals surface area contributed by atoms with Crippen molar-refractivity contribution >= 4 is 22.9 Å². The molecule has 0 fully saturated rings. The molecule has 4 rings (SSSR count). The third-order valence-electron chi connectivity index (χ3n) is 4.60. The van der Waals surface area contributed by atoms with Crippen molar-refractivity contribution in [1.29, 1.82) is 0 Å². The van der Waals surface area contributed by atoms with Crippen molar-refractivity contribution in [3.8, 4) is 5.75 Å². The molecule has 2 atom stereocenters. The Kier molecular flexibility index (Phi) is 6.46. The summed E-state index contributed by atoms with van der Waals surface area (Å²) in [5, 5.41) is 10.9. The molecule has 26 heavy (non-hydrogen) atoms. The summed E-state index contributed by atoms with van der Waals surface area (Å²) >= 11 is 1.02. The normalized spacial score (nSPS) is 21.4. The second-order valence-corrected chi connectivity index (χ2v) is 7.59. The molecule has 128 valence electrons. The fraction of sp³-hybridized carbons (Fsp3) is 0.300. The van der Waals surface area contributed by atoms with E-state index in [0.717, 1.165) is 42.3 Å². The third-order valence-corrected chi connectivity index (χ3v) is 5.55. The molecular formula is C20H18NNaO3S. The van der Waals surface area contributed by atoms with Crippen LogP contribution < -0.4 is 39.4 Å². The van der Waals surface area contributed by atoms with Gasteiger partial charge in [-0.1, -0.05) is 54.2 Å². The Morgan fingerprint density at radius 1 is 1.12 bits per heavy atom. The van der Waals surface area contributed by atoms with Crippen LogP contribution in [-0.2, 0) is 19.3 Å². The number of aliphatic imine (C=N–C) groups is 1. The largest absolute Gasteiger partial charge is 1.00 e. The Hall–Kier alpha value is -1.27. The molecule has 1 amide bonds. The smallest absolute Gasteiger partial charge is 0.861 e. The van der Waals surface area contributed by atoms with Crippen LogP contribution in [0.25, 0.3) is 0 Å². The number of thioether (sulfide) groups is 1. The summed E-state index contributed by atoms with van der Waals surface area (Å²) in [5.74, 6) is 0.619. The predicted molar refractivity (Wildman–Crippen MR) is 97.2 cm³/mol. The monoisotopic (exact) mass is 375 g/mol. The zero-order valence-electron chi connectivity index (χ0n) is 14.7. The van der Waals surface area contributed by atoms with Gasteiger partial charge in [0.1, 0.15) is 11.9 Å². The molecule has 2 aromatic carbocycles. The van der Waals surface area contributed by atoms with Crippen LogP contribution in [0.4, 0.5) is 4.79 Å². The maximum Gasteiger partial charge on any atom is 1.00 e. The van der Waals surface area contributed by atoms with E-state index < -0.39 is 0 Å². The molecule has 0 aromatic heterocycles. The fourth-order valence-corrected chi connectivity index (χ4v) is 4.16. The fourth-order valence-electron chi connectivity index (χ4n) is 3.35. The first kappa shape index (κ1) is 19.5. The molecule has 0 spiro atoms. The van der Waals surface area contributed by atoms with E-state index in [9.17, 15) is 9.90 Å². The third kappa shape index (κ3) is 4.52. The number of hydrogen-bond acceptors (Lipinski definition) is 4. The number of hydrogen-bond donors (Lipinski definition) is 0. The molecular weight excluding hydrogens is 357 g/mol. The van der Waals surface area contributed by atoms with Crippen molar-refractivity contribution in [2.24, 2.45) is 4.99 Å². The first-order valence-electron chi connectivity index (χ1n) is 8.46. The van der Waals surface area contributed by atoms with Gasteiger partial charge in [0, 0.05) is 11.7 Å². The zero-order chi connectivity index (χ0) is 17.2. The Bertz CT molecular complexity index is 825. The molecule has 2 aromatic rings. The van der Waals surface area contributed by atoms with Gasteiger partial charge >= 0.3 is 34.8 Å². The van der Waals surface area contributed by atoms with E-state index >= 15 is 0 Å². The van der Waals surface area contributed by atoms with Crippen LogP contribution >= 0.6 is 11.8 Å². The second-order valence-electron chi connectivity index (χ2n) is 6.44. The Morgan fingerprint density at radius 2 is 1.92 bits per heavy atom. The van der Waals surface area contributed by atoms with E-state index in [-0.39, 0.29) is 52.0 Å². The number of rotatable bonds is 4. The summed E-state index contributed by atoms with van der Waals surface area (Å²) < 4.78 is 6.15. The molecule has 2 heterocycles. The Morgan fingerprint density at radius 3 is 2.65 bits per heavy atom. The van der Waals surface area contributed by atoms with Crippen LogP contribution in [0.3, 0.4) is 0 Å². The first-order chi connectivity index (χ1) is 12.2. The summed E-state index contributed by atoms with van der Waals surface area (Å²) in [5.41, 5.74) is 3.53. The van der Waals surface area contributed by atoms with Gasteiger partial charge in [-0.05, 0) is 47.9 Å². The molecule has 2 unspecified atom stereocenters. The van der Waals surface area contributed by atoms with Crippen LogP contribution in [0.15, 0.2) is 53.5 Å².